The highest BCUT2D eigenvalue weighted by Gasteiger charge is 2.61. The van der Waals surface area contributed by atoms with Gasteiger partial charge in [-0.05, 0) is 12.8 Å². The highest BCUT2D eigenvalue weighted by Crippen LogP contribution is 2.43. The van der Waals surface area contributed by atoms with Crippen LogP contribution < -0.4 is 0 Å². The Hall–Kier alpha value is -0.200. The van der Waals surface area contributed by atoms with E-state index in [1.165, 1.54) is 7.11 Å². The molecule has 2 unspecified atom stereocenters. The maximum absolute atomic E-state index is 9.96. The average Bonchev–Trinajstić information content (AvgIpc) is 2.53. The van der Waals surface area contributed by atoms with Gasteiger partial charge in [0.15, 0.2) is 6.29 Å². The van der Waals surface area contributed by atoms with Gasteiger partial charge in [-0.2, -0.15) is 0 Å². The predicted molar refractivity (Wildman–Crippen MR) is 41.9 cm³/mol. The first-order valence-corrected chi connectivity index (χ1v) is 4.36. The molecule has 1 aliphatic heterocycles. The first-order chi connectivity index (χ1) is 6.09. The lowest BCUT2D eigenvalue weighted by atomic mass is 9.95. The fourth-order valence-corrected chi connectivity index (χ4v) is 2.17. The summed E-state index contributed by atoms with van der Waals surface area (Å²) in [4.78, 5) is 0. The molecule has 0 spiro atoms. The molecular formula is C8H14O5. The van der Waals surface area contributed by atoms with Crippen LogP contribution >= 0.6 is 0 Å². The van der Waals surface area contributed by atoms with E-state index < -0.39 is 30.2 Å². The van der Waals surface area contributed by atoms with Crippen molar-refractivity contribution in [1.82, 2.24) is 0 Å². The monoisotopic (exact) mass is 190 g/mol. The van der Waals surface area contributed by atoms with E-state index in [9.17, 15) is 15.3 Å². The SMILES string of the molecule is COC1OC2[C@H](O)CC[C@]2(O)[C@H]1O. The third kappa shape index (κ3) is 1.12. The Bertz CT molecular complexity index is 209. The molecule has 1 saturated carbocycles. The lowest BCUT2D eigenvalue weighted by Gasteiger charge is -2.24. The summed E-state index contributed by atoms with van der Waals surface area (Å²) < 4.78 is 10.0. The smallest absolute Gasteiger partial charge is 0.186 e. The minimum absolute atomic E-state index is 0.347. The third-order valence-electron chi connectivity index (χ3n) is 2.97. The quantitative estimate of drug-likeness (QED) is 0.474. The van der Waals surface area contributed by atoms with Crippen LogP contribution in [0.2, 0.25) is 0 Å². The topological polar surface area (TPSA) is 79.2 Å². The zero-order valence-electron chi connectivity index (χ0n) is 7.38. The number of fused-ring (bicyclic) bond motifs is 1. The maximum Gasteiger partial charge on any atom is 0.186 e. The molecule has 1 heterocycles. The first-order valence-electron chi connectivity index (χ1n) is 4.36. The van der Waals surface area contributed by atoms with Gasteiger partial charge in [0, 0.05) is 7.11 Å². The maximum atomic E-state index is 9.96. The Kier molecular flexibility index (Phi) is 2.08. The second-order valence-electron chi connectivity index (χ2n) is 3.70. The molecule has 0 bridgehead atoms. The predicted octanol–water partition coefficient (Wildman–Crippen LogP) is -1.40. The summed E-state index contributed by atoms with van der Waals surface area (Å²) in [6.07, 6.45) is -2.52. The highest BCUT2D eigenvalue weighted by atomic mass is 16.7. The van der Waals surface area contributed by atoms with Crippen LogP contribution in [0.15, 0.2) is 0 Å². The van der Waals surface area contributed by atoms with Crippen molar-refractivity contribution >= 4 is 0 Å². The minimum atomic E-state index is -1.33. The zero-order valence-corrected chi connectivity index (χ0v) is 7.38. The van der Waals surface area contributed by atoms with Crippen LogP contribution in [-0.4, -0.2) is 52.6 Å². The van der Waals surface area contributed by atoms with E-state index >= 15 is 0 Å². The Morgan fingerprint density at radius 3 is 2.69 bits per heavy atom. The van der Waals surface area contributed by atoms with Crippen LogP contribution in [0.25, 0.3) is 0 Å². The normalized spacial score (nSPS) is 55.4. The standard InChI is InChI=1S/C8H14O5/c1-12-7-5(10)8(11)3-2-4(9)6(8)13-7/h4-7,9-11H,2-3H2,1H3/t4-,5+,6?,7?,8+/m1/s1. The molecule has 1 saturated heterocycles. The molecule has 0 amide bonds. The van der Waals surface area contributed by atoms with E-state index in [0.717, 1.165) is 0 Å². The lowest BCUT2D eigenvalue weighted by molar-refractivity contribution is -0.163. The summed E-state index contributed by atoms with van der Waals surface area (Å²) >= 11 is 0. The second-order valence-corrected chi connectivity index (χ2v) is 3.70. The van der Waals surface area contributed by atoms with Crippen LogP contribution in [0.4, 0.5) is 0 Å². The molecule has 2 rings (SSSR count). The molecule has 2 aliphatic rings. The zero-order chi connectivity index (χ0) is 9.64. The van der Waals surface area contributed by atoms with Crippen molar-refractivity contribution in [3.8, 4) is 0 Å². The third-order valence-corrected chi connectivity index (χ3v) is 2.97. The van der Waals surface area contributed by atoms with Crippen LogP contribution in [0, 0.1) is 0 Å². The average molecular weight is 190 g/mol. The number of aliphatic hydroxyl groups excluding tert-OH is 2. The summed E-state index contributed by atoms with van der Waals surface area (Å²) in [5, 5.41) is 29.0. The van der Waals surface area contributed by atoms with Crippen LogP contribution in [0.3, 0.4) is 0 Å². The van der Waals surface area contributed by atoms with Crippen LogP contribution in [0.5, 0.6) is 0 Å². The Morgan fingerprint density at radius 2 is 2.15 bits per heavy atom. The van der Waals surface area contributed by atoms with E-state index in [0.29, 0.717) is 12.8 Å². The fraction of sp³-hybridized carbons (Fsp3) is 1.00. The molecule has 5 nitrogen and oxygen atoms in total. The molecule has 0 aromatic rings. The van der Waals surface area contributed by atoms with Crippen molar-refractivity contribution in [1.29, 1.82) is 0 Å². The molecule has 1 aliphatic carbocycles. The van der Waals surface area contributed by atoms with Crippen molar-refractivity contribution in [2.45, 2.75) is 43.0 Å². The van der Waals surface area contributed by atoms with Gasteiger partial charge in [-0.15, -0.1) is 0 Å². The highest BCUT2D eigenvalue weighted by molar-refractivity contribution is 5.08. The summed E-state index contributed by atoms with van der Waals surface area (Å²) in [5.74, 6) is 0. The van der Waals surface area contributed by atoms with Gasteiger partial charge in [0.25, 0.3) is 0 Å². The summed E-state index contributed by atoms with van der Waals surface area (Å²) in [5.41, 5.74) is -1.33. The van der Waals surface area contributed by atoms with E-state index in [1.807, 2.05) is 0 Å². The van der Waals surface area contributed by atoms with Gasteiger partial charge >= 0.3 is 0 Å². The van der Waals surface area contributed by atoms with Crippen molar-refractivity contribution in [3.05, 3.63) is 0 Å². The summed E-state index contributed by atoms with van der Waals surface area (Å²) in [7, 11) is 1.39. The molecule has 5 heteroatoms. The number of rotatable bonds is 1. The van der Waals surface area contributed by atoms with Crippen molar-refractivity contribution in [3.63, 3.8) is 0 Å². The molecule has 0 aromatic heterocycles. The molecule has 3 N–H and O–H groups in total. The van der Waals surface area contributed by atoms with Crippen LogP contribution in [-0.2, 0) is 9.47 Å². The largest absolute Gasteiger partial charge is 0.390 e. The van der Waals surface area contributed by atoms with Crippen LogP contribution in [0.1, 0.15) is 12.8 Å². The summed E-state index contributed by atoms with van der Waals surface area (Å²) in [6.45, 7) is 0. The second kappa shape index (κ2) is 2.90. The van der Waals surface area contributed by atoms with E-state index in [2.05, 4.69) is 0 Å². The van der Waals surface area contributed by atoms with Gasteiger partial charge in [-0.3, -0.25) is 0 Å². The van der Waals surface area contributed by atoms with Crippen molar-refractivity contribution in [2.24, 2.45) is 0 Å². The first kappa shape index (κ1) is 9.36. The number of ether oxygens (including phenoxy) is 2. The fourth-order valence-electron chi connectivity index (χ4n) is 2.17. The molecule has 0 aromatic carbocycles. The Morgan fingerprint density at radius 1 is 1.46 bits per heavy atom. The summed E-state index contributed by atoms with van der Waals surface area (Å²) in [6, 6.07) is 0. The number of hydrogen-bond acceptors (Lipinski definition) is 5. The lowest BCUT2D eigenvalue weighted by Crippen LogP contribution is -2.46. The van der Waals surface area contributed by atoms with Gasteiger partial charge in [0.05, 0.1) is 6.10 Å². The molecule has 0 radical (unpaired) electrons. The van der Waals surface area contributed by atoms with E-state index in [-0.39, 0.29) is 0 Å². The van der Waals surface area contributed by atoms with E-state index in [4.69, 9.17) is 9.47 Å². The van der Waals surface area contributed by atoms with E-state index in [1.54, 1.807) is 0 Å². The van der Waals surface area contributed by atoms with Gasteiger partial charge < -0.3 is 24.8 Å². The molecule has 76 valence electrons. The molecule has 5 atom stereocenters. The number of aliphatic hydroxyl groups is 3. The molecular weight excluding hydrogens is 176 g/mol. The van der Waals surface area contributed by atoms with Gasteiger partial charge in [-0.25, -0.2) is 0 Å². The van der Waals surface area contributed by atoms with Gasteiger partial charge in [-0.1, -0.05) is 0 Å². The molecule has 2 fully saturated rings. The van der Waals surface area contributed by atoms with Gasteiger partial charge in [0.2, 0.25) is 0 Å². The minimum Gasteiger partial charge on any atom is -0.390 e. The number of methoxy groups -OCH3 is 1. The van der Waals surface area contributed by atoms with Gasteiger partial charge in [0.1, 0.15) is 17.8 Å². The Balaban J connectivity index is 2.21. The van der Waals surface area contributed by atoms with Crippen molar-refractivity contribution in [2.75, 3.05) is 7.11 Å². The number of hydrogen-bond donors (Lipinski definition) is 3. The Labute approximate surface area is 75.9 Å². The van der Waals surface area contributed by atoms with Crippen molar-refractivity contribution < 1.29 is 24.8 Å². The molecule has 13 heavy (non-hydrogen) atoms.